The fraction of sp³-hybridized carbons (Fsp3) is 0.591. The lowest BCUT2D eigenvalue weighted by Gasteiger charge is -2.36. The fourth-order valence-corrected chi connectivity index (χ4v) is 3.26. The number of hydrogen-bond acceptors (Lipinski definition) is 8. The lowest BCUT2D eigenvalue weighted by Crippen LogP contribution is -2.50. The molecule has 0 unspecified atom stereocenters. The molecule has 0 atom stereocenters. The quantitative estimate of drug-likeness (QED) is 0.693. The highest BCUT2D eigenvalue weighted by molar-refractivity contribution is 5.89. The summed E-state index contributed by atoms with van der Waals surface area (Å²) in [5.74, 6) is 1.65. The van der Waals surface area contributed by atoms with E-state index >= 15 is 0 Å². The molecule has 0 aromatic carbocycles. The molecule has 3 rings (SSSR count). The normalized spacial score (nSPS) is 14.4. The van der Waals surface area contributed by atoms with E-state index in [2.05, 4.69) is 25.3 Å². The van der Waals surface area contributed by atoms with Gasteiger partial charge in [-0.1, -0.05) is 12.1 Å². The van der Waals surface area contributed by atoms with Crippen molar-refractivity contribution in [3.63, 3.8) is 0 Å². The van der Waals surface area contributed by atoms with E-state index in [0.29, 0.717) is 63.0 Å². The third-order valence-electron chi connectivity index (χ3n) is 4.93. The summed E-state index contributed by atoms with van der Waals surface area (Å²) in [5, 5.41) is 6.66. The number of nitrogens with zero attached hydrogens (tertiary/aromatic N) is 5. The van der Waals surface area contributed by atoms with Gasteiger partial charge < -0.3 is 24.4 Å². The first-order valence-corrected chi connectivity index (χ1v) is 11.0. The van der Waals surface area contributed by atoms with Gasteiger partial charge in [-0.15, -0.1) is 0 Å². The molecule has 0 aliphatic carbocycles. The van der Waals surface area contributed by atoms with Crippen LogP contribution in [-0.2, 0) is 22.4 Å². The molecule has 0 saturated carbocycles. The predicted molar refractivity (Wildman–Crippen MR) is 120 cm³/mol. The van der Waals surface area contributed by atoms with E-state index in [1.807, 2.05) is 33.8 Å². The Kier molecular flexibility index (Phi) is 7.66. The van der Waals surface area contributed by atoms with Gasteiger partial charge in [0, 0.05) is 45.4 Å². The first-order valence-electron chi connectivity index (χ1n) is 11.0. The molecule has 3 heterocycles. The predicted octanol–water partition coefficient (Wildman–Crippen LogP) is 3.05. The van der Waals surface area contributed by atoms with Crippen LogP contribution >= 0.6 is 0 Å². The first kappa shape index (κ1) is 23.5. The minimum Gasteiger partial charge on any atom is -0.444 e. The van der Waals surface area contributed by atoms with Crippen molar-refractivity contribution in [2.24, 2.45) is 0 Å². The van der Waals surface area contributed by atoms with Crippen LogP contribution in [-0.4, -0.2) is 63.8 Å². The van der Waals surface area contributed by atoms with Crippen LogP contribution in [0.5, 0.6) is 0 Å². The number of carbonyl (C=O) groups excluding carboxylic acids is 2. The van der Waals surface area contributed by atoms with Gasteiger partial charge >= 0.3 is 6.09 Å². The van der Waals surface area contributed by atoms with E-state index in [4.69, 9.17) is 9.26 Å². The van der Waals surface area contributed by atoms with Gasteiger partial charge in [0.15, 0.2) is 5.82 Å². The zero-order chi connectivity index (χ0) is 23.1. The van der Waals surface area contributed by atoms with E-state index in [1.165, 1.54) is 0 Å². The van der Waals surface area contributed by atoms with Crippen LogP contribution in [0.3, 0.4) is 0 Å². The van der Waals surface area contributed by atoms with Crippen molar-refractivity contribution in [3.05, 3.63) is 30.0 Å². The number of pyridine rings is 1. The van der Waals surface area contributed by atoms with Crippen molar-refractivity contribution in [2.45, 2.75) is 59.0 Å². The summed E-state index contributed by atoms with van der Waals surface area (Å²) >= 11 is 0. The van der Waals surface area contributed by atoms with Crippen molar-refractivity contribution in [2.75, 3.05) is 36.4 Å². The Bertz CT molecular complexity index is 898. The lowest BCUT2D eigenvalue weighted by atomic mass is 10.2. The summed E-state index contributed by atoms with van der Waals surface area (Å²) in [6.45, 7) is 10.1. The fourth-order valence-electron chi connectivity index (χ4n) is 3.26. The average Bonchev–Trinajstić information content (AvgIpc) is 3.21. The number of nitrogens with one attached hydrogen (secondary N) is 1. The summed E-state index contributed by atoms with van der Waals surface area (Å²) in [7, 11) is 0. The maximum atomic E-state index is 12.2. The molecule has 2 aromatic heterocycles. The van der Waals surface area contributed by atoms with Gasteiger partial charge in [-0.2, -0.15) is 4.98 Å². The maximum absolute atomic E-state index is 12.2. The van der Waals surface area contributed by atoms with Gasteiger partial charge in [0.1, 0.15) is 11.4 Å². The number of aromatic nitrogens is 3. The Morgan fingerprint density at radius 1 is 1.19 bits per heavy atom. The Labute approximate surface area is 188 Å². The minimum atomic E-state index is -0.496. The van der Waals surface area contributed by atoms with Crippen LogP contribution in [0, 0.1) is 0 Å². The number of amides is 2. The summed E-state index contributed by atoms with van der Waals surface area (Å²) in [6, 6.07) is 3.72. The second kappa shape index (κ2) is 10.4. The molecule has 1 aliphatic rings. The van der Waals surface area contributed by atoms with Crippen molar-refractivity contribution < 1.29 is 18.8 Å². The van der Waals surface area contributed by atoms with Crippen LogP contribution in [0.4, 0.5) is 16.3 Å². The topological polar surface area (TPSA) is 114 Å². The molecule has 1 N–H and O–H groups in total. The highest BCUT2D eigenvalue weighted by Gasteiger charge is 2.26. The first-order chi connectivity index (χ1) is 15.2. The van der Waals surface area contributed by atoms with Crippen LogP contribution in [0.2, 0.25) is 0 Å². The third kappa shape index (κ3) is 6.93. The SMILES string of the molecule is CCc1noc(CCCC(=O)Nc2ccc(N3CCN(C(=O)OC(C)(C)C)CC3)cn2)n1. The van der Waals surface area contributed by atoms with E-state index in [0.717, 1.165) is 12.1 Å². The molecule has 1 saturated heterocycles. The highest BCUT2D eigenvalue weighted by atomic mass is 16.6. The van der Waals surface area contributed by atoms with Crippen LogP contribution in [0.1, 0.15) is 52.3 Å². The monoisotopic (exact) mass is 444 g/mol. The number of ether oxygens (including phenoxy) is 1. The number of hydrogen-bond donors (Lipinski definition) is 1. The molecule has 1 fully saturated rings. The van der Waals surface area contributed by atoms with Crippen molar-refractivity contribution >= 4 is 23.5 Å². The molecule has 1 aliphatic heterocycles. The number of rotatable bonds is 7. The van der Waals surface area contributed by atoms with Crippen LogP contribution < -0.4 is 10.2 Å². The van der Waals surface area contributed by atoms with Gasteiger partial charge in [0.05, 0.1) is 11.9 Å². The zero-order valence-corrected chi connectivity index (χ0v) is 19.3. The van der Waals surface area contributed by atoms with Crippen molar-refractivity contribution in [1.82, 2.24) is 20.0 Å². The summed E-state index contributed by atoms with van der Waals surface area (Å²) in [6.07, 6.45) is 3.73. The molecular weight excluding hydrogens is 412 g/mol. The maximum Gasteiger partial charge on any atom is 0.410 e. The Morgan fingerprint density at radius 3 is 2.53 bits per heavy atom. The molecule has 10 heteroatoms. The Morgan fingerprint density at radius 2 is 1.94 bits per heavy atom. The number of anilines is 2. The molecule has 174 valence electrons. The van der Waals surface area contributed by atoms with E-state index in [-0.39, 0.29) is 12.0 Å². The summed E-state index contributed by atoms with van der Waals surface area (Å²) in [5.41, 5.74) is 0.457. The molecule has 0 spiro atoms. The lowest BCUT2D eigenvalue weighted by molar-refractivity contribution is -0.116. The molecule has 2 amide bonds. The third-order valence-corrected chi connectivity index (χ3v) is 4.93. The second-order valence-electron chi connectivity index (χ2n) is 8.72. The zero-order valence-electron chi connectivity index (χ0n) is 19.3. The minimum absolute atomic E-state index is 0.105. The second-order valence-corrected chi connectivity index (χ2v) is 8.72. The van der Waals surface area contributed by atoms with Crippen molar-refractivity contribution in [1.29, 1.82) is 0 Å². The smallest absolute Gasteiger partial charge is 0.410 e. The molecule has 32 heavy (non-hydrogen) atoms. The Hall–Kier alpha value is -3.17. The van der Waals surface area contributed by atoms with Gasteiger partial charge in [0.25, 0.3) is 0 Å². The molecule has 0 radical (unpaired) electrons. The summed E-state index contributed by atoms with van der Waals surface area (Å²) in [4.78, 5) is 36.8. The van der Waals surface area contributed by atoms with Gasteiger partial charge in [-0.05, 0) is 39.3 Å². The molecule has 10 nitrogen and oxygen atoms in total. The summed E-state index contributed by atoms with van der Waals surface area (Å²) < 4.78 is 10.6. The number of piperazine rings is 1. The van der Waals surface area contributed by atoms with Crippen molar-refractivity contribution in [3.8, 4) is 0 Å². The van der Waals surface area contributed by atoms with Crippen LogP contribution in [0.25, 0.3) is 0 Å². The number of carbonyl (C=O) groups is 2. The highest BCUT2D eigenvalue weighted by Crippen LogP contribution is 2.19. The molecule has 2 aromatic rings. The van der Waals surface area contributed by atoms with Gasteiger partial charge in [-0.25, -0.2) is 9.78 Å². The molecular formula is C22H32N6O4. The average molecular weight is 445 g/mol. The van der Waals surface area contributed by atoms with E-state index in [1.54, 1.807) is 17.2 Å². The van der Waals surface area contributed by atoms with Gasteiger partial charge in [0.2, 0.25) is 11.8 Å². The van der Waals surface area contributed by atoms with E-state index < -0.39 is 5.60 Å². The number of aryl methyl sites for hydroxylation is 2. The Balaban J connectivity index is 1.41. The van der Waals surface area contributed by atoms with Gasteiger partial charge in [-0.3, -0.25) is 4.79 Å². The van der Waals surface area contributed by atoms with E-state index in [9.17, 15) is 9.59 Å². The largest absolute Gasteiger partial charge is 0.444 e. The van der Waals surface area contributed by atoms with Crippen LogP contribution in [0.15, 0.2) is 22.9 Å². The molecule has 0 bridgehead atoms. The standard InChI is InChI=1S/C22H32N6O4/c1-5-17-25-20(32-26-17)8-6-7-19(29)24-18-10-9-16(15-23-18)27-11-13-28(14-12-27)21(30)31-22(2,3)4/h9-10,15H,5-8,11-14H2,1-4H3,(H,23,24,29).